The number of urea groups is 1. The average Bonchev–Trinajstić information content (AvgIpc) is 2.56. The van der Waals surface area contributed by atoms with Crippen molar-refractivity contribution in [2.24, 2.45) is 0 Å². The third-order valence-electron chi connectivity index (χ3n) is 3.70. The first-order valence-corrected chi connectivity index (χ1v) is 8.40. The van der Waals surface area contributed by atoms with Gasteiger partial charge < -0.3 is 15.4 Å². The summed E-state index contributed by atoms with van der Waals surface area (Å²) in [4.78, 5) is 14.2. The Morgan fingerprint density at radius 1 is 1.27 bits per heavy atom. The van der Waals surface area contributed by atoms with Crippen molar-refractivity contribution in [1.82, 2.24) is 15.5 Å². The van der Waals surface area contributed by atoms with Crippen LogP contribution in [0.15, 0.2) is 30.3 Å². The number of carbonyl (C=O) groups excluding carboxylic acids is 1. The van der Waals surface area contributed by atoms with Gasteiger partial charge >= 0.3 is 6.03 Å². The molecule has 0 saturated carbocycles. The monoisotopic (exact) mass is 323 g/mol. The molecule has 1 heterocycles. The Kier molecular flexibility index (Phi) is 7.56. The molecular weight excluding hydrogens is 298 g/mol. The summed E-state index contributed by atoms with van der Waals surface area (Å²) < 4.78 is 5.30. The molecule has 2 N–H and O–H groups in total. The summed E-state index contributed by atoms with van der Waals surface area (Å²) >= 11 is 4.33. The number of thiol groups is 1. The second kappa shape index (κ2) is 9.71. The van der Waals surface area contributed by atoms with Crippen molar-refractivity contribution in [3.05, 3.63) is 35.9 Å². The minimum atomic E-state index is -0.122. The molecule has 22 heavy (non-hydrogen) atoms. The minimum Gasteiger partial charge on any atom is -0.379 e. The maximum Gasteiger partial charge on any atom is 0.315 e. The van der Waals surface area contributed by atoms with Gasteiger partial charge in [-0.3, -0.25) is 4.90 Å². The Hall–Kier alpha value is -1.24. The number of hydrogen-bond donors (Lipinski definition) is 3. The van der Waals surface area contributed by atoms with Gasteiger partial charge in [-0.2, -0.15) is 12.6 Å². The van der Waals surface area contributed by atoms with E-state index in [1.54, 1.807) is 0 Å². The zero-order chi connectivity index (χ0) is 15.6. The standard InChI is InChI=1S/C16H25N3O2S/c20-16(17-6-7-19-8-10-21-11-9-19)18-15(13-22)12-14-4-2-1-3-5-14/h1-5,15,22H,6-13H2,(H2,17,18,20). The molecule has 122 valence electrons. The van der Waals surface area contributed by atoms with Crippen LogP contribution in [0.2, 0.25) is 0 Å². The number of benzene rings is 1. The summed E-state index contributed by atoms with van der Waals surface area (Å²) in [6, 6.07) is 10.0. The van der Waals surface area contributed by atoms with Crippen LogP contribution in [-0.2, 0) is 11.2 Å². The van der Waals surface area contributed by atoms with Crippen molar-refractivity contribution < 1.29 is 9.53 Å². The van der Waals surface area contributed by atoms with E-state index in [2.05, 4.69) is 40.3 Å². The molecule has 0 radical (unpaired) electrons. The van der Waals surface area contributed by atoms with Gasteiger partial charge in [0.1, 0.15) is 0 Å². The van der Waals surface area contributed by atoms with Gasteiger partial charge in [0.05, 0.1) is 13.2 Å². The lowest BCUT2D eigenvalue weighted by Gasteiger charge is -2.26. The Bertz CT molecular complexity index is 438. The summed E-state index contributed by atoms with van der Waals surface area (Å²) in [5, 5.41) is 5.90. The number of ether oxygens (including phenoxy) is 1. The molecule has 1 atom stereocenters. The molecule has 0 aliphatic carbocycles. The molecule has 1 unspecified atom stereocenters. The SMILES string of the molecule is O=C(NCCN1CCOCC1)NC(CS)Cc1ccccc1. The van der Waals surface area contributed by atoms with Crippen LogP contribution in [-0.4, -0.2) is 62.1 Å². The molecular formula is C16H25N3O2S. The van der Waals surface area contributed by atoms with Crippen LogP contribution < -0.4 is 10.6 Å². The zero-order valence-electron chi connectivity index (χ0n) is 12.8. The molecule has 2 amide bonds. The van der Waals surface area contributed by atoms with Crippen LogP contribution in [0, 0.1) is 0 Å². The van der Waals surface area contributed by atoms with Crippen molar-refractivity contribution in [1.29, 1.82) is 0 Å². The second-order valence-electron chi connectivity index (χ2n) is 5.42. The highest BCUT2D eigenvalue weighted by molar-refractivity contribution is 7.80. The van der Waals surface area contributed by atoms with Gasteiger partial charge in [-0.25, -0.2) is 4.79 Å². The van der Waals surface area contributed by atoms with Crippen LogP contribution in [0.25, 0.3) is 0 Å². The van der Waals surface area contributed by atoms with Gasteiger partial charge in [0.25, 0.3) is 0 Å². The first-order valence-electron chi connectivity index (χ1n) is 7.77. The summed E-state index contributed by atoms with van der Waals surface area (Å²) in [5.41, 5.74) is 1.20. The predicted molar refractivity (Wildman–Crippen MR) is 91.6 cm³/mol. The maximum atomic E-state index is 11.9. The van der Waals surface area contributed by atoms with E-state index < -0.39 is 0 Å². The van der Waals surface area contributed by atoms with E-state index in [0.29, 0.717) is 12.3 Å². The van der Waals surface area contributed by atoms with Crippen molar-refractivity contribution in [3.63, 3.8) is 0 Å². The number of amides is 2. The number of hydrogen-bond acceptors (Lipinski definition) is 4. The van der Waals surface area contributed by atoms with Gasteiger partial charge in [0.2, 0.25) is 0 Å². The van der Waals surface area contributed by atoms with Crippen LogP contribution in [0.4, 0.5) is 4.79 Å². The summed E-state index contributed by atoms with van der Waals surface area (Å²) in [7, 11) is 0. The summed E-state index contributed by atoms with van der Waals surface area (Å²) in [6.45, 7) is 4.96. The van der Waals surface area contributed by atoms with Crippen LogP contribution in [0.1, 0.15) is 5.56 Å². The van der Waals surface area contributed by atoms with Crippen molar-refractivity contribution >= 4 is 18.7 Å². The third kappa shape index (κ3) is 6.25. The topological polar surface area (TPSA) is 53.6 Å². The van der Waals surface area contributed by atoms with Gasteiger partial charge in [-0.1, -0.05) is 30.3 Å². The number of morpholine rings is 1. The molecule has 6 heteroatoms. The molecule has 1 saturated heterocycles. The smallest absolute Gasteiger partial charge is 0.315 e. The molecule has 1 aromatic carbocycles. The minimum absolute atomic E-state index is 0.0362. The zero-order valence-corrected chi connectivity index (χ0v) is 13.7. The highest BCUT2D eigenvalue weighted by Gasteiger charge is 2.13. The largest absolute Gasteiger partial charge is 0.379 e. The fourth-order valence-electron chi connectivity index (χ4n) is 2.45. The first-order chi connectivity index (χ1) is 10.8. The van der Waals surface area contributed by atoms with E-state index in [1.165, 1.54) is 5.56 Å². The average molecular weight is 323 g/mol. The Balaban J connectivity index is 1.65. The van der Waals surface area contributed by atoms with Gasteiger partial charge in [0, 0.05) is 38.0 Å². The number of rotatable bonds is 7. The van der Waals surface area contributed by atoms with E-state index in [4.69, 9.17) is 4.74 Å². The lowest BCUT2D eigenvalue weighted by Crippen LogP contribution is -2.47. The molecule has 1 aromatic rings. The number of nitrogens with one attached hydrogen (secondary N) is 2. The van der Waals surface area contributed by atoms with Crippen LogP contribution in [0.5, 0.6) is 0 Å². The summed E-state index contributed by atoms with van der Waals surface area (Å²) in [5.74, 6) is 0.617. The van der Waals surface area contributed by atoms with Gasteiger partial charge in [-0.15, -0.1) is 0 Å². The summed E-state index contributed by atoms with van der Waals surface area (Å²) in [6.07, 6.45) is 0.793. The van der Waals surface area contributed by atoms with E-state index in [0.717, 1.165) is 39.3 Å². The van der Waals surface area contributed by atoms with Crippen molar-refractivity contribution in [2.45, 2.75) is 12.5 Å². The highest BCUT2D eigenvalue weighted by atomic mass is 32.1. The quantitative estimate of drug-likeness (QED) is 0.660. The maximum absolute atomic E-state index is 11.9. The van der Waals surface area contributed by atoms with E-state index in [1.807, 2.05) is 18.2 Å². The number of carbonyl (C=O) groups is 1. The molecule has 0 bridgehead atoms. The predicted octanol–water partition coefficient (Wildman–Crippen LogP) is 1.16. The van der Waals surface area contributed by atoms with Crippen LogP contribution >= 0.6 is 12.6 Å². The normalized spacial score (nSPS) is 17.0. The van der Waals surface area contributed by atoms with E-state index in [-0.39, 0.29) is 12.1 Å². The first kappa shape index (κ1) is 17.1. The molecule has 1 aliphatic rings. The lowest BCUT2D eigenvalue weighted by molar-refractivity contribution is 0.0387. The fourth-order valence-corrected chi connectivity index (χ4v) is 2.67. The lowest BCUT2D eigenvalue weighted by atomic mass is 10.1. The molecule has 5 nitrogen and oxygen atoms in total. The van der Waals surface area contributed by atoms with Crippen molar-refractivity contribution in [2.75, 3.05) is 45.1 Å². The second-order valence-corrected chi connectivity index (χ2v) is 5.79. The molecule has 0 spiro atoms. The van der Waals surface area contributed by atoms with Gasteiger partial charge in [-0.05, 0) is 12.0 Å². The van der Waals surface area contributed by atoms with E-state index in [9.17, 15) is 4.79 Å². The Morgan fingerprint density at radius 2 is 2.00 bits per heavy atom. The Morgan fingerprint density at radius 3 is 2.68 bits per heavy atom. The molecule has 0 aromatic heterocycles. The van der Waals surface area contributed by atoms with Gasteiger partial charge in [0.15, 0.2) is 0 Å². The third-order valence-corrected chi connectivity index (χ3v) is 4.14. The van der Waals surface area contributed by atoms with Crippen LogP contribution in [0.3, 0.4) is 0 Å². The Labute approximate surface area is 137 Å². The highest BCUT2D eigenvalue weighted by Crippen LogP contribution is 2.04. The molecule has 2 rings (SSSR count). The number of nitrogens with zero attached hydrogens (tertiary/aromatic N) is 1. The molecule has 1 fully saturated rings. The van der Waals surface area contributed by atoms with E-state index >= 15 is 0 Å². The fraction of sp³-hybridized carbons (Fsp3) is 0.562. The van der Waals surface area contributed by atoms with Crippen molar-refractivity contribution in [3.8, 4) is 0 Å². The molecule has 1 aliphatic heterocycles.